The van der Waals surface area contributed by atoms with E-state index in [4.69, 9.17) is 11.6 Å². The van der Waals surface area contributed by atoms with Crippen LogP contribution in [-0.2, 0) is 16.1 Å². The number of aryl methyl sites for hydroxylation is 1. The van der Waals surface area contributed by atoms with Crippen molar-refractivity contribution >= 4 is 29.1 Å². The van der Waals surface area contributed by atoms with Gasteiger partial charge in [-0.25, -0.2) is 4.98 Å². The van der Waals surface area contributed by atoms with Crippen LogP contribution in [0.4, 0.5) is 5.69 Å². The number of rotatable bonds is 4. The van der Waals surface area contributed by atoms with Crippen LogP contribution >= 0.6 is 11.6 Å². The highest BCUT2D eigenvalue weighted by atomic mass is 35.5. The lowest BCUT2D eigenvalue weighted by Gasteiger charge is -2.33. The van der Waals surface area contributed by atoms with Crippen LogP contribution in [0.1, 0.15) is 25.1 Å². The zero-order chi connectivity index (χ0) is 19.7. The normalized spacial score (nSPS) is 20.8. The first kappa shape index (κ1) is 19.0. The maximum Gasteiger partial charge on any atom is 0.228 e. The van der Waals surface area contributed by atoms with Gasteiger partial charge >= 0.3 is 0 Å². The minimum absolute atomic E-state index is 0.00569. The molecule has 1 atom stereocenters. The SMILES string of the molecule is Cc1nccn1CC1CCN(C(=O)C2CC(=O)N(c3ccc(Cl)cc3)C2)CC1. The Morgan fingerprint density at radius 1 is 1.21 bits per heavy atom. The lowest BCUT2D eigenvalue weighted by Crippen LogP contribution is -2.43. The molecule has 6 nitrogen and oxygen atoms in total. The molecule has 0 saturated carbocycles. The topological polar surface area (TPSA) is 58.4 Å². The van der Waals surface area contributed by atoms with Crippen LogP contribution in [0.5, 0.6) is 0 Å². The quantitative estimate of drug-likeness (QED) is 0.792. The lowest BCUT2D eigenvalue weighted by atomic mass is 9.95. The van der Waals surface area contributed by atoms with Gasteiger partial charge in [-0.3, -0.25) is 9.59 Å². The Labute approximate surface area is 170 Å². The molecule has 0 aliphatic carbocycles. The van der Waals surface area contributed by atoms with Gasteiger partial charge in [-0.15, -0.1) is 0 Å². The van der Waals surface area contributed by atoms with E-state index in [9.17, 15) is 9.59 Å². The Morgan fingerprint density at radius 3 is 2.57 bits per heavy atom. The number of amides is 2. The highest BCUT2D eigenvalue weighted by molar-refractivity contribution is 6.30. The molecule has 3 heterocycles. The maximum atomic E-state index is 13.0. The average Bonchev–Trinajstić information content (AvgIpc) is 3.28. The number of carbonyl (C=O) groups is 2. The Kier molecular flexibility index (Phi) is 5.40. The molecule has 1 aromatic heterocycles. The van der Waals surface area contributed by atoms with Crippen LogP contribution in [0, 0.1) is 18.8 Å². The Hall–Kier alpha value is -2.34. The van der Waals surface area contributed by atoms with Gasteiger partial charge in [-0.1, -0.05) is 11.6 Å². The number of hydrogen-bond acceptors (Lipinski definition) is 3. The van der Waals surface area contributed by atoms with Gasteiger partial charge in [0.1, 0.15) is 5.82 Å². The second-order valence-electron chi connectivity index (χ2n) is 7.78. The summed E-state index contributed by atoms with van der Waals surface area (Å²) in [5.41, 5.74) is 0.805. The van der Waals surface area contributed by atoms with Crippen LogP contribution in [0.15, 0.2) is 36.7 Å². The predicted molar refractivity (Wildman–Crippen MR) is 108 cm³/mol. The monoisotopic (exact) mass is 400 g/mol. The second kappa shape index (κ2) is 7.95. The molecule has 7 heteroatoms. The molecule has 2 aliphatic heterocycles. The van der Waals surface area contributed by atoms with Crippen molar-refractivity contribution in [2.45, 2.75) is 32.7 Å². The molecule has 2 amide bonds. The molecule has 0 radical (unpaired) electrons. The van der Waals surface area contributed by atoms with Crippen molar-refractivity contribution in [2.24, 2.45) is 11.8 Å². The molecule has 4 rings (SSSR count). The molecule has 28 heavy (non-hydrogen) atoms. The second-order valence-corrected chi connectivity index (χ2v) is 8.21. The molecule has 148 valence electrons. The molecule has 2 aromatic rings. The largest absolute Gasteiger partial charge is 0.342 e. The minimum Gasteiger partial charge on any atom is -0.342 e. The zero-order valence-electron chi connectivity index (χ0n) is 16.1. The van der Waals surface area contributed by atoms with Gasteiger partial charge in [0.05, 0.1) is 5.92 Å². The molecule has 2 fully saturated rings. The van der Waals surface area contributed by atoms with E-state index in [0.717, 1.165) is 44.0 Å². The van der Waals surface area contributed by atoms with Crippen molar-refractivity contribution < 1.29 is 9.59 Å². The van der Waals surface area contributed by atoms with Crippen molar-refractivity contribution in [1.82, 2.24) is 14.5 Å². The van der Waals surface area contributed by atoms with Crippen LogP contribution < -0.4 is 4.90 Å². The molecule has 0 N–H and O–H groups in total. The number of carbonyl (C=O) groups excluding carboxylic acids is 2. The van der Waals surface area contributed by atoms with Gasteiger partial charge < -0.3 is 14.4 Å². The smallest absolute Gasteiger partial charge is 0.228 e. The van der Waals surface area contributed by atoms with Crippen LogP contribution in [-0.4, -0.2) is 45.9 Å². The van der Waals surface area contributed by atoms with Crippen molar-refractivity contribution in [3.63, 3.8) is 0 Å². The van der Waals surface area contributed by atoms with Gasteiger partial charge in [0.25, 0.3) is 0 Å². The third kappa shape index (κ3) is 3.92. The molecule has 2 saturated heterocycles. The number of benzene rings is 1. The minimum atomic E-state index is -0.254. The molecular weight excluding hydrogens is 376 g/mol. The molecule has 0 spiro atoms. The highest BCUT2D eigenvalue weighted by Crippen LogP contribution is 2.29. The van der Waals surface area contributed by atoms with Gasteiger partial charge in [0.2, 0.25) is 11.8 Å². The predicted octanol–water partition coefficient (Wildman–Crippen LogP) is 3.14. The zero-order valence-corrected chi connectivity index (χ0v) is 16.8. The fourth-order valence-electron chi connectivity index (χ4n) is 4.21. The Bertz CT molecular complexity index is 856. The van der Waals surface area contributed by atoms with E-state index in [2.05, 4.69) is 9.55 Å². The first-order chi connectivity index (χ1) is 13.5. The number of imidazole rings is 1. The van der Waals surface area contributed by atoms with Gasteiger partial charge in [0.15, 0.2) is 0 Å². The number of halogens is 1. The van der Waals surface area contributed by atoms with Gasteiger partial charge in [0, 0.05) is 55.7 Å². The number of hydrogen-bond donors (Lipinski definition) is 0. The van der Waals surface area contributed by atoms with Crippen molar-refractivity contribution in [2.75, 3.05) is 24.5 Å². The van der Waals surface area contributed by atoms with E-state index in [1.165, 1.54) is 0 Å². The van der Waals surface area contributed by atoms with Crippen molar-refractivity contribution in [3.05, 3.63) is 47.5 Å². The van der Waals surface area contributed by atoms with Crippen LogP contribution in [0.2, 0.25) is 5.02 Å². The Balaban J connectivity index is 1.32. The standard InChI is InChI=1S/C21H25ClN4O2/c1-15-23-8-11-25(15)13-16-6-9-24(10-7-16)21(28)17-12-20(27)26(14-17)19-4-2-18(22)3-5-19/h2-5,8,11,16-17H,6-7,9-10,12-14H2,1H3. The maximum absolute atomic E-state index is 13.0. The summed E-state index contributed by atoms with van der Waals surface area (Å²) in [6, 6.07) is 7.20. The number of aromatic nitrogens is 2. The number of nitrogens with zero attached hydrogens (tertiary/aromatic N) is 4. The molecular formula is C21H25ClN4O2. The average molecular weight is 401 g/mol. The van der Waals surface area contributed by atoms with Crippen molar-refractivity contribution in [1.29, 1.82) is 0 Å². The summed E-state index contributed by atoms with van der Waals surface area (Å²) >= 11 is 5.93. The van der Waals surface area contributed by atoms with E-state index < -0.39 is 0 Å². The third-order valence-corrected chi connectivity index (χ3v) is 6.17. The number of likely N-dealkylation sites (tertiary alicyclic amines) is 1. The molecule has 2 aliphatic rings. The Morgan fingerprint density at radius 2 is 1.93 bits per heavy atom. The van der Waals surface area contributed by atoms with E-state index in [-0.39, 0.29) is 24.2 Å². The summed E-state index contributed by atoms with van der Waals surface area (Å²) in [6.07, 6.45) is 6.12. The number of anilines is 1. The summed E-state index contributed by atoms with van der Waals surface area (Å²) in [5, 5.41) is 0.636. The molecule has 1 aromatic carbocycles. The van der Waals surface area contributed by atoms with E-state index in [0.29, 0.717) is 17.5 Å². The van der Waals surface area contributed by atoms with Crippen molar-refractivity contribution in [3.8, 4) is 0 Å². The van der Waals surface area contributed by atoms with Gasteiger partial charge in [-0.05, 0) is 49.9 Å². The first-order valence-corrected chi connectivity index (χ1v) is 10.2. The van der Waals surface area contributed by atoms with Crippen LogP contribution in [0.3, 0.4) is 0 Å². The summed E-state index contributed by atoms with van der Waals surface area (Å²) in [4.78, 5) is 33.3. The summed E-state index contributed by atoms with van der Waals surface area (Å²) < 4.78 is 2.18. The lowest BCUT2D eigenvalue weighted by molar-refractivity contribution is -0.137. The fourth-order valence-corrected chi connectivity index (χ4v) is 4.34. The van der Waals surface area contributed by atoms with E-state index >= 15 is 0 Å². The van der Waals surface area contributed by atoms with E-state index in [1.54, 1.807) is 17.0 Å². The first-order valence-electron chi connectivity index (χ1n) is 9.83. The third-order valence-electron chi connectivity index (χ3n) is 5.92. The van der Waals surface area contributed by atoms with Crippen LogP contribution in [0.25, 0.3) is 0 Å². The van der Waals surface area contributed by atoms with Gasteiger partial charge in [-0.2, -0.15) is 0 Å². The summed E-state index contributed by atoms with van der Waals surface area (Å²) in [6.45, 7) is 4.96. The highest BCUT2D eigenvalue weighted by Gasteiger charge is 2.38. The summed E-state index contributed by atoms with van der Waals surface area (Å²) in [5.74, 6) is 1.46. The molecule has 1 unspecified atom stereocenters. The molecule has 0 bridgehead atoms. The fraction of sp³-hybridized carbons (Fsp3) is 0.476. The number of piperidine rings is 1. The summed E-state index contributed by atoms with van der Waals surface area (Å²) in [7, 11) is 0. The van der Waals surface area contributed by atoms with E-state index in [1.807, 2.05) is 36.4 Å².